The summed E-state index contributed by atoms with van der Waals surface area (Å²) >= 11 is 0. The third kappa shape index (κ3) is 2.80. The Hall–Kier alpha value is -4.02. The van der Waals surface area contributed by atoms with Gasteiger partial charge in [-0.3, -0.25) is 19.3 Å². The number of imidazole rings is 1. The van der Waals surface area contributed by atoms with Crippen molar-refractivity contribution in [3.63, 3.8) is 0 Å². The predicted molar refractivity (Wildman–Crippen MR) is 112 cm³/mol. The van der Waals surface area contributed by atoms with Crippen molar-refractivity contribution < 1.29 is 9.59 Å². The molecule has 0 aromatic carbocycles. The van der Waals surface area contributed by atoms with Gasteiger partial charge in [-0.1, -0.05) is 0 Å². The third-order valence-electron chi connectivity index (χ3n) is 5.85. The summed E-state index contributed by atoms with van der Waals surface area (Å²) in [6, 6.07) is 1.66. The second-order valence-electron chi connectivity index (χ2n) is 8.04. The van der Waals surface area contributed by atoms with Gasteiger partial charge in [0.15, 0.2) is 11.3 Å². The van der Waals surface area contributed by atoms with Crippen molar-refractivity contribution in [1.82, 2.24) is 34.0 Å². The van der Waals surface area contributed by atoms with E-state index in [4.69, 9.17) is 10.7 Å². The maximum absolute atomic E-state index is 12.6. The molecule has 0 spiro atoms. The Bertz CT molecular complexity index is 1380. The van der Waals surface area contributed by atoms with Crippen LogP contribution in [0.1, 0.15) is 30.0 Å². The summed E-state index contributed by atoms with van der Waals surface area (Å²) in [5.74, 6) is 0.635. The van der Waals surface area contributed by atoms with E-state index >= 15 is 0 Å². The van der Waals surface area contributed by atoms with E-state index in [-0.39, 0.29) is 18.5 Å². The molecule has 0 radical (unpaired) electrons. The number of amides is 3. The molecule has 3 amide bonds. The first-order valence-corrected chi connectivity index (χ1v) is 10.0. The van der Waals surface area contributed by atoms with Crippen molar-refractivity contribution in [2.24, 2.45) is 0 Å². The highest BCUT2D eigenvalue weighted by Gasteiger charge is 2.36. The first-order chi connectivity index (χ1) is 15.0. The maximum Gasteiger partial charge on any atom is 0.331 e. The van der Waals surface area contributed by atoms with Crippen LogP contribution in [0, 0.1) is 0 Å². The minimum Gasteiger partial charge on any atom is -0.383 e. The van der Waals surface area contributed by atoms with Crippen molar-refractivity contribution >= 4 is 40.1 Å². The molecule has 0 atom stereocenters. The van der Waals surface area contributed by atoms with Gasteiger partial charge in [0.1, 0.15) is 18.7 Å². The van der Waals surface area contributed by atoms with E-state index in [1.807, 2.05) is 16.7 Å². The Balaban J connectivity index is 1.43. The zero-order chi connectivity index (χ0) is 21.3. The summed E-state index contributed by atoms with van der Waals surface area (Å²) in [6.07, 6.45) is 9.42. The molecule has 11 heteroatoms. The summed E-state index contributed by atoms with van der Waals surface area (Å²) in [6.45, 7) is 0.423. The third-order valence-corrected chi connectivity index (χ3v) is 5.85. The van der Waals surface area contributed by atoms with Crippen LogP contribution in [0.25, 0.3) is 16.7 Å². The average molecular weight is 417 g/mol. The fourth-order valence-corrected chi connectivity index (χ4v) is 4.00. The summed E-state index contributed by atoms with van der Waals surface area (Å²) in [5, 5.41) is 5.13. The minimum atomic E-state index is -0.336. The van der Waals surface area contributed by atoms with Gasteiger partial charge in [0.25, 0.3) is 0 Å². The standard InChI is InChI=1S/C20H19N9O2/c1-26-16(30)9-29(20(26)31)15-4-12(11-2-3-11)5-27-6-13(24-19(15)27)7-28-8-14-17(21)22-10-23-18(14)25-28/h4-6,8,10-11H,2-3,7,9H2,1H3,(H2,21,22,23,25). The maximum atomic E-state index is 12.6. The summed E-state index contributed by atoms with van der Waals surface area (Å²) in [7, 11) is 1.50. The van der Waals surface area contributed by atoms with Crippen LogP contribution in [0.3, 0.4) is 0 Å². The smallest absolute Gasteiger partial charge is 0.331 e. The van der Waals surface area contributed by atoms with Gasteiger partial charge in [-0.25, -0.2) is 19.7 Å². The van der Waals surface area contributed by atoms with Crippen LogP contribution < -0.4 is 10.6 Å². The Morgan fingerprint density at radius 3 is 2.71 bits per heavy atom. The number of likely N-dealkylation sites (N-methyl/N-ethyl adjacent to an activating group) is 1. The summed E-state index contributed by atoms with van der Waals surface area (Å²) in [4.78, 5) is 40.3. The summed E-state index contributed by atoms with van der Waals surface area (Å²) < 4.78 is 3.66. The van der Waals surface area contributed by atoms with Gasteiger partial charge in [0.2, 0.25) is 5.91 Å². The predicted octanol–water partition coefficient (Wildman–Crippen LogP) is 1.38. The van der Waals surface area contributed by atoms with Gasteiger partial charge in [-0.15, -0.1) is 0 Å². The number of nitrogen functional groups attached to an aromatic ring is 1. The molecule has 4 aromatic rings. The molecule has 11 nitrogen and oxygen atoms in total. The molecular formula is C20H19N9O2. The fraction of sp³-hybridized carbons (Fsp3) is 0.300. The fourth-order valence-electron chi connectivity index (χ4n) is 4.00. The van der Waals surface area contributed by atoms with Crippen LogP contribution in [-0.2, 0) is 11.3 Å². The number of urea groups is 1. The highest BCUT2D eigenvalue weighted by molar-refractivity contribution is 6.13. The highest BCUT2D eigenvalue weighted by Crippen LogP contribution is 2.42. The lowest BCUT2D eigenvalue weighted by atomic mass is 10.1. The number of nitrogens with zero attached hydrogens (tertiary/aromatic N) is 8. The monoisotopic (exact) mass is 417 g/mol. The molecule has 156 valence electrons. The van der Waals surface area contributed by atoms with Gasteiger partial charge < -0.3 is 10.1 Å². The molecule has 31 heavy (non-hydrogen) atoms. The molecule has 2 fully saturated rings. The molecule has 0 unspecified atom stereocenters. The van der Waals surface area contributed by atoms with Crippen LogP contribution >= 0.6 is 0 Å². The van der Waals surface area contributed by atoms with Gasteiger partial charge in [-0.2, -0.15) is 5.10 Å². The second-order valence-corrected chi connectivity index (χ2v) is 8.04. The van der Waals surface area contributed by atoms with Gasteiger partial charge in [0.05, 0.1) is 23.3 Å². The van der Waals surface area contributed by atoms with E-state index in [1.165, 1.54) is 18.3 Å². The van der Waals surface area contributed by atoms with Crippen LogP contribution in [0.4, 0.5) is 16.3 Å². The number of pyridine rings is 1. The first-order valence-electron chi connectivity index (χ1n) is 10.0. The lowest BCUT2D eigenvalue weighted by Gasteiger charge is -2.17. The number of fused-ring (bicyclic) bond motifs is 2. The quantitative estimate of drug-likeness (QED) is 0.497. The molecule has 6 rings (SSSR count). The van der Waals surface area contributed by atoms with Crippen LogP contribution in [0.5, 0.6) is 0 Å². The van der Waals surface area contributed by atoms with Crippen molar-refractivity contribution in [3.8, 4) is 0 Å². The van der Waals surface area contributed by atoms with E-state index < -0.39 is 0 Å². The minimum absolute atomic E-state index is 0.0177. The topological polar surface area (TPSA) is 128 Å². The number of hydrogen-bond acceptors (Lipinski definition) is 7. The largest absolute Gasteiger partial charge is 0.383 e. The number of nitrogens with two attached hydrogens (primary N) is 1. The van der Waals surface area contributed by atoms with Crippen molar-refractivity contribution in [2.45, 2.75) is 25.3 Å². The van der Waals surface area contributed by atoms with Gasteiger partial charge in [0, 0.05) is 25.6 Å². The SMILES string of the molecule is CN1C(=O)CN(c2cc(C3CC3)cn3cc(Cn4cc5c(N)ncnc5n4)nc23)C1=O. The van der Waals surface area contributed by atoms with E-state index in [9.17, 15) is 9.59 Å². The van der Waals surface area contributed by atoms with Gasteiger partial charge in [-0.05, 0) is 30.4 Å². The van der Waals surface area contributed by atoms with E-state index in [1.54, 1.807) is 10.9 Å². The normalized spacial score (nSPS) is 16.9. The van der Waals surface area contributed by atoms with E-state index in [2.05, 4.69) is 21.3 Å². The number of aromatic nitrogens is 6. The van der Waals surface area contributed by atoms with Crippen LogP contribution in [0.2, 0.25) is 0 Å². The Labute approximate surface area is 176 Å². The number of rotatable bonds is 4. The second kappa shape index (κ2) is 6.24. The molecule has 2 aliphatic rings. The molecule has 1 aliphatic carbocycles. The van der Waals surface area contributed by atoms with E-state index in [0.29, 0.717) is 40.6 Å². The number of carbonyl (C=O) groups excluding carboxylic acids is 2. The molecule has 0 bridgehead atoms. The van der Waals surface area contributed by atoms with Crippen molar-refractivity contribution in [1.29, 1.82) is 0 Å². The number of carbonyl (C=O) groups is 2. The van der Waals surface area contributed by atoms with Crippen molar-refractivity contribution in [3.05, 3.63) is 42.2 Å². The molecule has 1 aliphatic heterocycles. The zero-order valence-electron chi connectivity index (χ0n) is 16.8. The lowest BCUT2D eigenvalue weighted by Crippen LogP contribution is -2.30. The van der Waals surface area contributed by atoms with E-state index in [0.717, 1.165) is 29.0 Å². The molecular weight excluding hydrogens is 398 g/mol. The molecule has 2 N–H and O–H groups in total. The molecule has 4 aromatic heterocycles. The van der Waals surface area contributed by atoms with Gasteiger partial charge >= 0.3 is 6.03 Å². The van der Waals surface area contributed by atoms with Crippen molar-refractivity contribution in [2.75, 3.05) is 24.2 Å². The molecule has 1 saturated heterocycles. The Kier molecular flexibility index (Phi) is 3.58. The lowest BCUT2D eigenvalue weighted by molar-refractivity contribution is -0.123. The average Bonchev–Trinajstić information content (AvgIpc) is 3.32. The first kappa shape index (κ1) is 17.8. The highest BCUT2D eigenvalue weighted by atomic mass is 16.2. The van der Waals surface area contributed by atoms with Crippen LogP contribution in [-0.4, -0.2) is 59.6 Å². The zero-order valence-corrected chi connectivity index (χ0v) is 16.8. The van der Waals surface area contributed by atoms with Crippen LogP contribution in [0.15, 0.2) is 31.0 Å². The Morgan fingerprint density at radius 2 is 2.00 bits per heavy atom. The molecule has 1 saturated carbocycles. The number of anilines is 2. The summed E-state index contributed by atoms with van der Waals surface area (Å²) in [5.41, 5.74) is 9.63. The Morgan fingerprint density at radius 1 is 1.16 bits per heavy atom. The number of hydrogen-bond donors (Lipinski definition) is 1. The molecule has 5 heterocycles. The number of imide groups is 1.